The Morgan fingerprint density at radius 2 is 1.45 bits per heavy atom. The second kappa shape index (κ2) is 9.41. The first-order valence-corrected chi connectivity index (χ1v) is 8.95. The van der Waals surface area contributed by atoms with E-state index in [1.54, 1.807) is 79.9 Å². The lowest BCUT2D eigenvalue weighted by Gasteiger charge is -2.18. The number of esters is 1. The molecule has 0 radical (unpaired) electrons. The first-order valence-electron chi connectivity index (χ1n) is 8.95. The van der Waals surface area contributed by atoms with Gasteiger partial charge in [-0.15, -0.1) is 0 Å². The number of hydrogen-bond donors (Lipinski definition) is 1. The van der Waals surface area contributed by atoms with Crippen LogP contribution in [0.2, 0.25) is 0 Å². The normalized spacial score (nSPS) is 11.2. The van der Waals surface area contributed by atoms with Crippen molar-refractivity contribution in [3.63, 3.8) is 0 Å². The molecular weight excluding hydrogens is 370 g/mol. The molecule has 0 aliphatic carbocycles. The second-order valence-corrected chi connectivity index (χ2v) is 6.15. The Kier molecular flexibility index (Phi) is 6.47. The number of ether oxygens (including phenoxy) is 3. The van der Waals surface area contributed by atoms with Crippen molar-refractivity contribution >= 4 is 17.6 Å². The Hall–Kier alpha value is -3.80. The smallest absolute Gasteiger partial charge is 0.339 e. The summed E-state index contributed by atoms with van der Waals surface area (Å²) in [4.78, 5) is 25.6. The maximum absolute atomic E-state index is 12.9. The van der Waals surface area contributed by atoms with E-state index in [0.717, 1.165) is 0 Å². The van der Waals surface area contributed by atoms with Crippen LogP contribution in [0.5, 0.6) is 11.5 Å². The molecule has 0 heterocycles. The fourth-order valence-electron chi connectivity index (χ4n) is 2.73. The summed E-state index contributed by atoms with van der Waals surface area (Å²) in [7, 11) is 3.06. The van der Waals surface area contributed by atoms with E-state index in [9.17, 15) is 9.59 Å². The highest BCUT2D eigenvalue weighted by Crippen LogP contribution is 2.24. The highest BCUT2D eigenvalue weighted by Gasteiger charge is 2.26. The van der Waals surface area contributed by atoms with Gasteiger partial charge in [0.25, 0.3) is 5.91 Å². The van der Waals surface area contributed by atoms with Gasteiger partial charge in [-0.25, -0.2) is 4.79 Å². The van der Waals surface area contributed by atoms with Crippen molar-refractivity contribution in [2.24, 2.45) is 0 Å². The van der Waals surface area contributed by atoms with Crippen LogP contribution in [0, 0.1) is 0 Å². The average molecular weight is 391 g/mol. The van der Waals surface area contributed by atoms with E-state index < -0.39 is 18.0 Å². The monoisotopic (exact) mass is 391 g/mol. The third-order valence-electron chi connectivity index (χ3n) is 4.21. The third-order valence-corrected chi connectivity index (χ3v) is 4.21. The molecule has 0 aromatic heterocycles. The Morgan fingerprint density at radius 1 is 0.793 bits per heavy atom. The number of benzene rings is 3. The summed E-state index contributed by atoms with van der Waals surface area (Å²) >= 11 is 0. The maximum Gasteiger partial charge on any atom is 0.339 e. The Bertz CT molecular complexity index is 987. The Labute approximate surface area is 169 Å². The summed E-state index contributed by atoms with van der Waals surface area (Å²) in [6, 6.07) is 22.4. The molecule has 6 nitrogen and oxygen atoms in total. The summed E-state index contributed by atoms with van der Waals surface area (Å²) in [6.45, 7) is 0. The molecule has 29 heavy (non-hydrogen) atoms. The molecule has 0 bridgehead atoms. The van der Waals surface area contributed by atoms with Crippen molar-refractivity contribution in [2.45, 2.75) is 6.10 Å². The number of amides is 1. The molecule has 3 aromatic carbocycles. The highest BCUT2D eigenvalue weighted by molar-refractivity contribution is 5.98. The van der Waals surface area contributed by atoms with Crippen LogP contribution in [0.1, 0.15) is 22.0 Å². The quantitative estimate of drug-likeness (QED) is 0.610. The fourth-order valence-corrected chi connectivity index (χ4v) is 2.73. The number of nitrogens with one attached hydrogen (secondary N) is 1. The van der Waals surface area contributed by atoms with E-state index in [1.165, 1.54) is 7.11 Å². The van der Waals surface area contributed by atoms with E-state index in [2.05, 4.69) is 5.32 Å². The van der Waals surface area contributed by atoms with E-state index in [0.29, 0.717) is 28.3 Å². The lowest BCUT2D eigenvalue weighted by atomic mass is 10.1. The van der Waals surface area contributed by atoms with Gasteiger partial charge in [0.15, 0.2) is 0 Å². The molecule has 1 N–H and O–H groups in total. The zero-order valence-electron chi connectivity index (χ0n) is 16.1. The van der Waals surface area contributed by atoms with Crippen molar-refractivity contribution < 1.29 is 23.8 Å². The SMILES string of the molecule is COc1cccc(NC(=O)[C@H](OC(=O)c2cccc(OC)c2)c2ccccc2)c1. The maximum atomic E-state index is 12.9. The minimum absolute atomic E-state index is 0.291. The number of methoxy groups -OCH3 is 2. The second-order valence-electron chi connectivity index (χ2n) is 6.15. The lowest BCUT2D eigenvalue weighted by molar-refractivity contribution is -0.125. The molecule has 3 rings (SSSR count). The van der Waals surface area contributed by atoms with Crippen LogP contribution in [0.25, 0.3) is 0 Å². The molecule has 6 heteroatoms. The summed E-state index contributed by atoms with van der Waals surface area (Å²) in [5, 5.41) is 2.77. The third kappa shape index (κ3) is 5.13. The molecular formula is C23H21NO5. The van der Waals surface area contributed by atoms with Crippen molar-refractivity contribution in [3.05, 3.63) is 90.0 Å². The molecule has 3 aromatic rings. The number of carbonyl (C=O) groups excluding carboxylic acids is 2. The number of rotatable bonds is 7. The number of hydrogen-bond acceptors (Lipinski definition) is 5. The van der Waals surface area contributed by atoms with Gasteiger partial charge in [-0.3, -0.25) is 4.79 Å². The highest BCUT2D eigenvalue weighted by atomic mass is 16.5. The van der Waals surface area contributed by atoms with Crippen LogP contribution in [-0.2, 0) is 9.53 Å². The van der Waals surface area contributed by atoms with Gasteiger partial charge in [-0.05, 0) is 30.3 Å². The number of carbonyl (C=O) groups is 2. The topological polar surface area (TPSA) is 73.9 Å². The standard InChI is InChI=1S/C23H21NO5/c1-27-19-12-6-10-17(14-19)23(26)29-21(16-8-4-3-5-9-16)22(25)24-18-11-7-13-20(15-18)28-2/h3-15,21H,1-2H3,(H,24,25)/t21-/m1/s1. The van der Waals surface area contributed by atoms with Crippen molar-refractivity contribution in [2.75, 3.05) is 19.5 Å². The molecule has 148 valence electrons. The van der Waals surface area contributed by atoms with Gasteiger partial charge in [0.2, 0.25) is 6.10 Å². The van der Waals surface area contributed by atoms with E-state index in [4.69, 9.17) is 14.2 Å². The predicted molar refractivity (Wildman–Crippen MR) is 109 cm³/mol. The molecule has 0 saturated heterocycles. The van der Waals surface area contributed by atoms with Gasteiger partial charge in [0, 0.05) is 17.3 Å². The van der Waals surface area contributed by atoms with Crippen LogP contribution in [0.15, 0.2) is 78.9 Å². The number of anilines is 1. The van der Waals surface area contributed by atoms with Gasteiger partial charge < -0.3 is 19.5 Å². The first-order chi connectivity index (χ1) is 14.1. The summed E-state index contributed by atoms with van der Waals surface area (Å²) in [6.07, 6.45) is -1.12. The van der Waals surface area contributed by atoms with Crippen LogP contribution in [0.3, 0.4) is 0 Å². The molecule has 0 unspecified atom stereocenters. The van der Waals surface area contributed by atoms with Crippen LogP contribution >= 0.6 is 0 Å². The van der Waals surface area contributed by atoms with Crippen molar-refractivity contribution in [1.82, 2.24) is 0 Å². The zero-order chi connectivity index (χ0) is 20.6. The lowest BCUT2D eigenvalue weighted by Crippen LogP contribution is -2.26. The summed E-state index contributed by atoms with van der Waals surface area (Å²) < 4.78 is 15.9. The Balaban J connectivity index is 1.84. The predicted octanol–water partition coefficient (Wildman–Crippen LogP) is 4.24. The minimum atomic E-state index is -1.12. The Morgan fingerprint density at radius 3 is 2.14 bits per heavy atom. The molecule has 0 saturated carbocycles. The molecule has 0 spiro atoms. The summed E-state index contributed by atoms with van der Waals surface area (Å²) in [5.74, 6) is 0.0308. The molecule has 0 aliphatic heterocycles. The molecule has 0 aliphatic rings. The van der Waals surface area contributed by atoms with Crippen LogP contribution in [0.4, 0.5) is 5.69 Å². The van der Waals surface area contributed by atoms with Crippen molar-refractivity contribution in [3.8, 4) is 11.5 Å². The molecule has 1 atom stereocenters. The van der Waals surface area contributed by atoms with Gasteiger partial charge in [-0.2, -0.15) is 0 Å². The van der Waals surface area contributed by atoms with E-state index in [-0.39, 0.29) is 0 Å². The first kappa shape index (κ1) is 19.9. The van der Waals surface area contributed by atoms with E-state index >= 15 is 0 Å². The van der Waals surface area contributed by atoms with Gasteiger partial charge in [0.1, 0.15) is 11.5 Å². The van der Waals surface area contributed by atoms with Crippen molar-refractivity contribution in [1.29, 1.82) is 0 Å². The zero-order valence-corrected chi connectivity index (χ0v) is 16.1. The largest absolute Gasteiger partial charge is 0.497 e. The van der Waals surface area contributed by atoms with Gasteiger partial charge in [0.05, 0.1) is 19.8 Å². The minimum Gasteiger partial charge on any atom is -0.497 e. The average Bonchev–Trinajstić information content (AvgIpc) is 2.78. The van der Waals surface area contributed by atoms with Crippen LogP contribution < -0.4 is 14.8 Å². The van der Waals surface area contributed by atoms with Gasteiger partial charge in [-0.1, -0.05) is 42.5 Å². The fraction of sp³-hybridized carbons (Fsp3) is 0.130. The molecule has 1 amide bonds. The summed E-state index contributed by atoms with van der Waals surface area (Å²) in [5.41, 5.74) is 1.39. The van der Waals surface area contributed by atoms with E-state index in [1.807, 2.05) is 6.07 Å². The molecule has 0 fully saturated rings. The van der Waals surface area contributed by atoms with Crippen LogP contribution in [-0.4, -0.2) is 26.1 Å². The van der Waals surface area contributed by atoms with Gasteiger partial charge >= 0.3 is 5.97 Å².